The first-order chi connectivity index (χ1) is 14.1. The number of benzene rings is 2. The first-order valence-corrected chi connectivity index (χ1v) is 10.0. The van der Waals surface area contributed by atoms with Gasteiger partial charge in [-0.2, -0.15) is 5.26 Å². The maximum Gasteiger partial charge on any atom is 0.191 e. The Balaban J connectivity index is 0.00000320. The molecule has 2 aromatic rings. The van der Waals surface area contributed by atoms with Gasteiger partial charge in [0.2, 0.25) is 0 Å². The van der Waals surface area contributed by atoms with Crippen molar-refractivity contribution in [2.24, 2.45) is 4.99 Å². The van der Waals surface area contributed by atoms with Crippen LogP contribution in [0.4, 0.5) is 4.39 Å². The smallest absolute Gasteiger partial charge is 0.191 e. The zero-order valence-corrected chi connectivity index (χ0v) is 19.8. The van der Waals surface area contributed by atoms with E-state index in [1.165, 1.54) is 17.2 Å². The molecule has 0 saturated carbocycles. The van der Waals surface area contributed by atoms with Gasteiger partial charge in [-0.05, 0) is 43.0 Å². The Morgan fingerprint density at radius 2 is 1.93 bits per heavy atom. The lowest BCUT2D eigenvalue weighted by Crippen LogP contribution is -2.48. The number of rotatable bonds is 5. The minimum absolute atomic E-state index is 0. The summed E-state index contributed by atoms with van der Waals surface area (Å²) in [6.45, 7) is 5.55. The van der Waals surface area contributed by atoms with Crippen molar-refractivity contribution in [3.05, 3.63) is 70.5 Å². The zero-order chi connectivity index (χ0) is 20.6. The highest BCUT2D eigenvalue weighted by Gasteiger charge is 2.20. The van der Waals surface area contributed by atoms with Gasteiger partial charge in [0.1, 0.15) is 5.82 Å². The normalized spacial score (nSPS) is 15.2. The van der Waals surface area contributed by atoms with Crippen LogP contribution < -0.4 is 10.6 Å². The Morgan fingerprint density at radius 1 is 1.20 bits per heavy atom. The summed E-state index contributed by atoms with van der Waals surface area (Å²) >= 11 is 0. The highest BCUT2D eigenvalue weighted by molar-refractivity contribution is 14.0. The molecule has 30 heavy (non-hydrogen) atoms. The van der Waals surface area contributed by atoms with E-state index in [2.05, 4.69) is 51.7 Å². The molecule has 1 fully saturated rings. The van der Waals surface area contributed by atoms with Crippen LogP contribution in [0, 0.1) is 24.1 Å². The summed E-state index contributed by atoms with van der Waals surface area (Å²) < 4.78 is 14.0. The molecule has 0 unspecified atom stereocenters. The number of nitrogens with one attached hydrogen (secondary N) is 2. The van der Waals surface area contributed by atoms with E-state index in [9.17, 15) is 4.39 Å². The van der Waals surface area contributed by atoms with Crippen molar-refractivity contribution in [1.82, 2.24) is 15.5 Å². The Labute approximate surface area is 195 Å². The highest BCUT2D eigenvalue weighted by atomic mass is 127. The second-order valence-electron chi connectivity index (χ2n) is 7.47. The van der Waals surface area contributed by atoms with Crippen LogP contribution in [0.15, 0.2) is 47.5 Å². The first kappa shape index (κ1) is 24.1. The Kier molecular flexibility index (Phi) is 9.53. The zero-order valence-electron chi connectivity index (χ0n) is 17.5. The van der Waals surface area contributed by atoms with E-state index in [0.29, 0.717) is 29.7 Å². The van der Waals surface area contributed by atoms with Crippen LogP contribution in [-0.2, 0) is 13.1 Å². The number of nitriles is 1. The third kappa shape index (κ3) is 6.67. The molecule has 0 amide bonds. The summed E-state index contributed by atoms with van der Waals surface area (Å²) in [6.07, 6.45) is 2.08. The summed E-state index contributed by atoms with van der Waals surface area (Å²) in [6, 6.07) is 15.4. The van der Waals surface area contributed by atoms with Crippen molar-refractivity contribution in [3.63, 3.8) is 0 Å². The SMILES string of the molecule is CN=C(NCc1ccc(C#N)cc1F)NC1CCN(Cc2ccccc2C)CC1.I. The topological polar surface area (TPSA) is 63.5 Å². The number of nitrogens with zero attached hydrogens (tertiary/aromatic N) is 3. The summed E-state index contributed by atoms with van der Waals surface area (Å²) in [5.41, 5.74) is 3.57. The Hall–Kier alpha value is -2.18. The molecule has 1 saturated heterocycles. The van der Waals surface area contributed by atoms with Gasteiger partial charge < -0.3 is 10.6 Å². The van der Waals surface area contributed by atoms with E-state index in [0.717, 1.165) is 32.5 Å². The van der Waals surface area contributed by atoms with Crippen LogP contribution in [0.5, 0.6) is 0 Å². The minimum Gasteiger partial charge on any atom is -0.354 e. The van der Waals surface area contributed by atoms with Crippen molar-refractivity contribution < 1.29 is 4.39 Å². The lowest BCUT2D eigenvalue weighted by molar-refractivity contribution is 0.198. The fourth-order valence-electron chi connectivity index (χ4n) is 3.59. The van der Waals surface area contributed by atoms with Gasteiger partial charge in [-0.3, -0.25) is 9.89 Å². The number of halogens is 2. The van der Waals surface area contributed by atoms with Crippen molar-refractivity contribution in [1.29, 1.82) is 5.26 Å². The molecular formula is C23H29FIN5. The van der Waals surface area contributed by atoms with Crippen LogP contribution in [0.1, 0.15) is 35.1 Å². The molecule has 0 atom stereocenters. The van der Waals surface area contributed by atoms with Gasteiger partial charge in [-0.1, -0.05) is 30.3 Å². The Morgan fingerprint density at radius 3 is 2.57 bits per heavy atom. The third-order valence-corrected chi connectivity index (χ3v) is 5.44. The number of piperidine rings is 1. The van der Waals surface area contributed by atoms with Crippen molar-refractivity contribution in [3.8, 4) is 6.07 Å². The molecule has 0 spiro atoms. The predicted octanol–water partition coefficient (Wildman–Crippen LogP) is 3.95. The highest BCUT2D eigenvalue weighted by Crippen LogP contribution is 2.16. The summed E-state index contributed by atoms with van der Waals surface area (Å²) in [5.74, 6) is 0.294. The minimum atomic E-state index is -0.378. The van der Waals surface area contributed by atoms with E-state index in [4.69, 9.17) is 5.26 Å². The maximum atomic E-state index is 14.0. The van der Waals surface area contributed by atoms with Crippen LogP contribution >= 0.6 is 24.0 Å². The van der Waals surface area contributed by atoms with E-state index >= 15 is 0 Å². The van der Waals surface area contributed by atoms with Gasteiger partial charge in [-0.15, -0.1) is 24.0 Å². The number of hydrogen-bond acceptors (Lipinski definition) is 3. The van der Waals surface area contributed by atoms with Gasteiger partial charge in [0.25, 0.3) is 0 Å². The largest absolute Gasteiger partial charge is 0.354 e. The van der Waals surface area contributed by atoms with Gasteiger partial charge >= 0.3 is 0 Å². The fraction of sp³-hybridized carbons (Fsp3) is 0.391. The van der Waals surface area contributed by atoms with Gasteiger partial charge in [-0.25, -0.2) is 4.39 Å². The molecule has 1 aliphatic heterocycles. The van der Waals surface area contributed by atoms with Crippen molar-refractivity contribution >= 4 is 29.9 Å². The van der Waals surface area contributed by atoms with E-state index in [-0.39, 0.29) is 29.8 Å². The molecule has 0 aromatic heterocycles. The second-order valence-corrected chi connectivity index (χ2v) is 7.47. The average Bonchev–Trinajstić information content (AvgIpc) is 2.74. The number of aliphatic imine (C=N–C) groups is 1. The predicted molar refractivity (Wildman–Crippen MR) is 129 cm³/mol. The Bertz CT molecular complexity index is 901. The van der Waals surface area contributed by atoms with Crippen molar-refractivity contribution in [2.45, 2.75) is 38.9 Å². The molecule has 0 bridgehead atoms. The molecule has 1 aliphatic rings. The van der Waals surface area contributed by atoms with Gasteiger partial charge in [0, 0.05) is 44.8 Å². The van der Waals surface area contributed by atoms with Crippen LogP contribution in [-0.4, -0.2) is 37.0 Å². The van der Waals surface area contributed by atoms with E-state index < -0.39 is 0 Å². The molecule has 3 rings (SSSR count). The maximum absolute atomic E-state index is 14.0. The molecule has 7 heteroatoms. The molecule has 2 aromatic carbocycles. The number of guanidine groups is 1. The standard InChI is InChI=1S/C23H28FN5.HI/c1-17-5-3-4-6-20(17)16-29-11-9-21(10-12-29)28-23(26-2)27-15-19-8-7-18(14-25)13-22(19)24;/h3-8,13,21H,9-12,15-16H2,1-2H3,(H2,26,27,28);1H. The number of aryl methyl sites for hydroxylation is 1. The molecular weight excluding hydrogens is 492 g/mol. The number of likely N-dealkylation sites (tertiary alicyclic amines) is 1. The monoisotopic (exact) mass is 521 g/mol. The average molecular weight is 521 g/mol. The second kappa shape index (κ2) is 11.9. The molecule has 2 N–H and O–H groups in total. The molecule has 0 radical (unpaired) electrons. The lowest BCUT2D eigenvalue weighted by Gasteiger charge is -2.33. The molecule has 160 valence electrons. The van der Waals surface area contributed by atoms with Crippen molar-refractivity contribution in [2.75, 3.05) is 20.1 Å². The fourth-order valence-corrected chi connectivity index (χ4v) is 3.59. The van der Waals surface area contributed by atoms with E-state index in [1.807, 2.05) is 6.07 Å². The van der Waals surface area contributed by atoms with Crippen LogP contribution in [0.25, 0.3) is 0 Å². The summed E-state index contributed by atoms with van der Waals surface area (Å²) in [7, 11) is 1.72. The van der Waals surface area contributed by atoms with Crippen LogP contribution in [0.2, 0.25) is 0 Å². The number of hydrogen-bond donors (Lipinski definition) is 2. The molecule has 0 aliphatic carbocycles. The van der Waals surface area contributed by atoms with Gasteiger partial charge in [0.05, 0.1) is 11.6 Å². The molecule has 5 nitrogen and oxygen atoms in total. The quantitative estimate of drug-likeness (QED) is 0.356. The summed E-state index contributed by atoms with van der Waals surface area (Å²) in [5, 5.41) is 15.5. The third-order valence-electron chi connectivity index (χ3n) is 5.44. The van der Waals surface area contributed by atoms with Gasteiger partial charge in [0.15, 0.2) is 5.96 Å². The molecule has 1 heterocycles. The first-order valence-electron chi connectivity index (χ1n) is 10.0. The van der Waals surface area contributed by atoms with E-state index in [1.54, 1.807) is 19.2 Å². The van der Waals surface area contributed by atoms with Crippen LogP contribution in [0.3, 0.4) is 0 Å². The summed E-state index contributed by atoms with van der Waals surface area (Å²) in [4.78, 5) is 6.75. The lowest BCUT2D eigenvalue weighted by atomic mass is 10.0.